The largest absolute Gasteiger partial charge is 0.453 e. The van der Waals surface area contributed by atoms with Crippen LogP contribution in [0.1, 0.15) is 47.2 Å². The summed E-state index contributed by atoms with van der Waals surface area (Å²) in [5.41, 5.74) is 1.95. The van der Waals surface area contributed by atoms with Gasteiger partial charge >= 0.3 is 6.09 Å². The summed E-state index contributed by atoms with van der Waals surface area (Å²) in [4.78, 5) is 49.7. The van der Waals surface area contributed by atoms with Gasteiger partial charge in [-0.1, -0.05) is 17.7 Å². The zero-order valence-corrected chi connectivity index (χ0v) is 24.4. The number of nitrogens with one attached hydrogen (secondary N) is 4. The van der Waals surface area contributed by atoms with Crippen molar-refractivity contribution in [3.05, 3.63) is 100.0 Å². The maximum Gasteiger partial charge on any atom is 0.411 e. The Balaban J connectivity index is 1.51. The highest BCUT2D eigenvalue weighted by Crippen LogP contribution is 2.32. The first-order chi connectivity index (χ1) is 21.6. The molecule has 10 nitrogen and oxygen atoms in total. The fourth-order valence-electron chi connectivity index (χ4n) is 4.74. The van der Waals surface area contributed by atoms with E-state index in [0.29, 0.717) is 34.2 Å². The van der Waals surface area contributed by atoms with Crippen molar-refractivity contribution in [1.29, 1.82) is 0 Å². The number of anilines is 2. The van der Waals surface area contributed by atoms with Gasteiger partial charge < -0.3 is 20.4 Å². The lowest BCUT2D eigenvalue weighted by atomic mass is 10.1. The lowest BCUT2D eigenvalue weighted by Gasteiger charge is -2.17. The number of hydrogen-bond acceptors (Lipinski definition) is 6. The Labute approximate surface area is 260 Å². The topological polar surface area (TPSA) is 138 Å². The summed E-state index contributed by atoms with van der Waals surface area (Å²) in [6.07, 6.45) is 0.362. The van der Waals surface area contributed by atoms with Gasteiger partial charge in [-0.25, -0.2) is 22.9 Å². The summed E-state index contributed by atoms with van der Waals surface area (Å²) in [6.45, 7) is 0. The van der Waals surface area contributed by atoms with E-state index in [1.807, 2.05) is 0 Å². The highest BCUT2D eigenvalue weighted by Gasteiger charge is 2.22. The number of benzene rings is 2. The van der Waals surface area contributed by atoms with Crippen LogP contribution in [0.3, 0.4) is 0 Å². The molecule has 0 spiro atoms. The first kappa shape index (κ1) is 31.3. The number of alkyl halides is 2. The summed E-state index contributed by atoms with van der Waals surface area (Å²) in [5, 5.41) is 8.38. The first-order valence-corrected chi connectivity index (χ1v) is 14.0. The fraction of sp³-hybridized carbons (Fsp3) is 0.194. The van der Waals surface area contributed by atoms with Gasteiger partial charge in [0, 0.05) is 52.9 Å². The van der Waals surface area contributed by atoms with Crippen molar-refractivity contribution in [1.82, 2.24) is 20.3 Å². The highest BCUT2D eigenvalue weighted by molar-refractivity contribution is 6.30. The van der Waals surface area contributed by atoms with Gasteiger partial charge in [0.1, 0.15) is 11.6 Å². The Morgan fingerprint density at radius 1 is 1.13 bits per heavy atom. The monoisotopic (exact) mass is 638 g/mol. The minimum atomic E-state index is -2.77. The third-order valence-electron chi connectivity index (χ3n) is 6.93. The number of aromatic nitrogens is 3. The predicted molar refractivity (Wildman–Crippen MR) is 161 cm³/mol. The van der Waals surface area contributed by atoms with Crippen LogP contribution in [0.25, 0.3) is 17.3 Å². The number of carbonyl (C=O) groups excluding carboxylic acids is 3. The first-order valence-electron chi connectivity index (χ1n) is 13.6. The molecule has 2 aromatic heterocycles. The van der Waals surface area contributed by atoms with Crippen molar-refractivity contribution < 1.29 is 32.3 Å². The maximum absolute atomic E-state index is 14.7. The normalized spacial score (nSPS) is 14.8. The number of rotatable bonds is 5. The molecule has 1 aliphatic heterocycles. The average Bonchev–Trinajstić information content (AvgIpc) is 3.49. The fourth-order valence-corrected chi connectivity index (χ4v) is 4.92. The Morgan fingerprint density at radius 3 is 2.73 bits per heavy atom. The molecule has 0 radical (unpaired) electrons. The second-order valence-electron chi connectivity index (χ2n) is 10.0. The summed E-state index contributed by atoms with van der Waals surface area (Å²) in [6, 6.07) is 10.5. The number of hydrogen-bond donors (Lipinski definition) is 4. The number of halogens is 4. The number of amides is 3. The standard InChI is InChI=1S/C31H26ClF3N6O4/c1-45-31(44)38-19-4-7-21-24(13-19)39-28(43)11-9-23-22(33)8-5-18(37-23)14-25(30-36-15-26(21)41-30)40-27(42)10-2-16-12-17(32)3-6-20(16)29(34)35/h2-8,10,12-13,15,25,29H,9,11,14H2,1H3,(H,36,41)(H,38,44)(H,39,43)(H,40,42)/b10-2+. The van der Waals surface area contributed by atoms with Crippen LogP contribution in [0, 0.1) is 5.82 Å². The lowest BCUT2D eigenvalue weighted by molar-refractivity contribution is -0.117. The second-order valence-corrected chi connectivity index (χ2v) is 10.4. The molecule has 4 bridgehead atoms. The van der Waals surface area contributed by atoms with E-state index >= 15 is 0 Å². The molecule has 14 heteroatoms. The Hall–Kier alpha value is -5.17. The molecule has 2 aromatic carbocycles. The Kier molecular flexibility index (Phi) is 9.48. The minimum Gasteiger partial charge on any atom is -0.453 e. The van der Waals surface area contributed by atoms with Crippen molar-refractivity contribution in [3.8, 4) is 11.3 Å². The molecule has 0 aliphatic carbocycles. The van der Waals surface area contributed by atoms with Crippen LogP contribution >= 0.6 is 11.6 Å². The van der Waals surface area contributed by atoms with E-state index < -0.39 is 36.2 Å². The molecule has 3 heterocycles. The van der Waals surface area contributed by atoms with E-state index in [2.05, 4.69) is 35.6 Å². The molecule has 3 amide bonds. The number of aryl methyl sites for hydroxylation is 1. The van der Waals surface area contributed by atoms with E-state index in [-0.39, 0.29) is 41.1 Å². The summed E-state index contributed by atoms with van der Waals surface area (Å²) < 4.78 is 46.3. The molecule has 0 saturated heterocycles. The van der Waals surface area contributed by atoms with Gasteiger partial charge in [-0.05, 0) is 54.1 Å². The molecule has 232 valence electrons. The number of imidazole rings is 1. The van der Waals surface area contributed by atoms with Crippen LogP contribution < -0.4 is 16.0 Å². The van der Waals surface area contributed by atoms with Gasteiger partial charge in [-0.3, -0.25) is 19.9 Å². The van der Waals surface area contributed by atoms with Crippen molar-refractivity contribution in [3.63, 3.8) is 0 Å². The zero-order valence-electron chi connectivity index (χ0n) is 23.7. The third kappa shape index (κ3) is 7.68. The number of ether oxygens (including phenoxy) is 1. The highest BCUT2D eigenvalue weighted by atomic mass is 35.5. The number of nitrogens with zero attached hydrogens (tertiary/aromatic N) is 2. The van der Waals surface area contributed by atoms with Crippen LogP contribution in [0.4, 0.5) is 29.3 Å². The van der Waals surface area contributed by atoms with E-state index in [0.717, 1.165) is 6.08 Å². The summed E-state index contributed by atoms with van der Waals surface area (Å²) in [5.74, 6) is -1.32. The molecule has 4 aromatic rings. The van der Waals surface area contributed by atoms with Crippen molar-refractivity contribution >= 4 is 47.0 Å². The van der Waals surface area contributed by atoms with Crippen LogP contribution in [-0.4, -0.2) is 40.0 Å². The molecule has 1 unspecified atom stereocenters. The quantitative estimate of drug-likeness (QED) is 0.187. The van der Waals surface area contributed by atoms with Crippen molar-refractivity contribution in [2.24, 2.45) is 0 Å². The SMILES string of the molecule is COC(=O)Nc1ccc2c(c1)NC(=O)CCc1nc(ccc1F)CC(NC(=O)/C=C/c1cc(Cl)ccc1C(F)F)c1ncc-2[nH]1. The van der Waals surface area contributed by atoms with Gasteiger partial charge in [0.15, 0.2) is 0 Å². The van der Waals surface area contributed by atoms with Crippen molar-refractivity contribution in [2.75, 3.05) is 17.7 Å². The van der Waals surface area contributed by atoms with Gasteiger partial charge in [-0.2, -0.15) is 0 Å². The molecular weight excluding hydrogens is 613 g/mol. The molecule has 1 aliphatic rings. The molecule has 0 saturated carbocycles. The molecule has 45 heavy (non-hydrogen) atoms. The minimum absolute atomic E-state index is 0.00525. The van der Waals surface area contributed by atoms with E-state index in [1.165, 1.54) is 55.8 Å². The van der Waals surface area contributed by atoms with E-state index in [1.54, 1.807) is 12.1 Å². The second kappa shape index (κ2) is 13.6. The number of H-pyrrole nitrogens is 1. The number of fused-ring (bicyclic) bond motifs is 6. The third-order valence-corrected chi connectivity index (χ3v) is 7.17. The smallest absolute Gasteiger partial charge is 0.411 e. The molecule has 1 atom stereocenters. The number of carbonyl (C=O) groups is 3. The van der Waals surface area contributed by atoms with Crippen LogP contribution in [0.5, 0.6) is 0 Å². The molecule has 0 fully saturated rings. The molecule has 5 rings (SSSR count). The van der Waals surface area contributed by atoms with Gasteiger partial charge in [0.25, 0.3) is 6.43 Å². The van der Waals surface area contributed by atoms with Gasteiger partial charge in [0.2, 0.25) is 11.8 Å². The van der Waals surface area contributed by atoms with Crippen molar-refractivity contribution in [2.45, 2.75) is 31.7 Å². The summed E-state index contributed by atoms with van der Waals surface area (Å²) in [7, 11) is 1.22. The lowest BCUT2D eigenvalue weighted by Crippen LogP contribution is -2.29. The van der Waals surface area contributed by atoms with E-state index in [9.17, 15) is 27.6 Å². The van der Waals surface area contributed by atoms with Gasteiger partial charge in [0.05, 0.1) is 36.4 Å². The number of methoxy groups -OCH3 is 1. The number of pyridine rings is 1. The van der Waals surface area contributed by atoms with Gasteiger partial charge in [-0.15, -0.1) is 0 Å². The molecule has 4 N–H and O–H groups in total. The Morgan fingerprint density at radius 2 is 1.96 bits per heavy atom. The van der Waals surface area contributed by atoms with Crippen LogP contribution in [0.15, 0.2) is 60.8 Å². The summed E-state index contributed by atoms with van der Waals surface area (Å²) >= 11 is 5.98. The van der Waals surface area contributed by atoms with Crippen LogP contribution in [-0.2, 0) is 27.2 Å². The average molecular weight is 639 g/mol. The Bertz CT molecular complexity index is 1790. The predicted octanol–water partition coefficient (Wildman–Crippen LogP) is 6.38. The van der Waals surface area contributed by atoms with E-state index in [4.69, 9.17) is 11.6 Å². The number of aromatic amines is 1. The van der Waals surface area contributed by atoms with Crippen LogP contribution in [0.2, 0.25) is 5.02 Å². The molecular formula is C31H26ClF3N6O4. The maximum atomic E-state index is 14.7. The zero-order chi connectivity index (χ0) is 32.1.